The molecule has 4 nitrogen and oxygen atoms in total. The molecule has 2 aromatic carbocycles. The number of benzene rings is 2. The molecule has 0 spiro atoms. The lowest BCUT2D eigenvalue weighted by Crippen LogP contribution is -2.35. The van der Waals surface area contributed by atoms with E-state index in [-0.39, 0.29) is 11.3 Å². The standard InChI is InChI=1S/C17H10F3NO3/c18-17(19,20)12-7-3-1-5-10(12)14(22)9-21-13-8-4-2-6-11(13)15(23)16(21)24/h1-8H,9H2. The SMILES string of the molecule is O=C1C(=O)N(CC(=O)c2ccccc2C(F)(F)F)c2ccccc21. The minimum atomic E-state index is -4.69. The third-order valence-corrected chi connectivity index (χ3v) is 3.71. The Morgan fingerprint density at radius 1 is 0.958 bits per heavy atom. The van der Waals surface area contributed by atoms with Crippen LogP contribution in [-0.2, 0) is 11.0 Å². The molecule has 122 valence electrons. The lowest BCUT2D eigenvalue weighted by Gasteiger charge is -2.17. The molecule has 0 saturated carbocycles. The summed E-state index contributed by atoms with van der Waals surface area (Å²) in [6, 6.07) is 10.4. The highest BCUT2D eigenvalue weighted by atomic mass is 19.4. The van der Waals surface area contributed by atoms with E-state index in [4.69, 9.17) is 0 Å². The van der Waals surface area contributed by atoms with Crippen molar-refractivity contribution in [1.82, 2.24) is 0 Å². The molecule has 0 bridgehead atoms. The number of nitrogens with zero attached hydrogens (tertiary/aromatic N) is 1. The predicted octanol–water partition coefficient (Wildman–Crippen LogP) is 3.12. The molecular weight excluding hydrogens is 323 g/mol. The minimum Gasteiger partial charge on any atom is -0.297 e. The second kappa shape index (κ2) is 5.59. The van der Waals surface area contributed by atoms with E-state index in [9.17, 15) is 27.6 Å². The Morgan fingerprint density at radius 2 is 1.58 bits per heavy atom. The molecule has 0 N–H and O–H groups in total. The number of anilines is 1. The largest absolute Gasteiger partial charge is 0.417 e. The lowest BCUT2D eigenvalue weighted by atomic mass is 10.0. The number of rotatable bonds is 3. The Morgan fingerprint density at radius 3 is 2.29 bits per heavy atom. The number of fused-ring (bicyclic) bond motifs is 1. The first-order chi connectivity index (χ1) is 11.3. The smallest absolute Gasteiger partial charge is 0.297 e. The number of halogens is 3. The van der Waals surface area contributed by atoms with Gasteiger partial charge in [0.25, 0.3) is 11.7 Å². The lowest BCUT2D eigenvalue weighted by molar-refractivity contribution is -0.137. The van der Waals surface area contributed by atoms with Gasteiger partial charge in [0.15, 0.2) is 5.78 Å². The number of Topliss-reactive ketones (excluding diaryl/α,β-unsaturated/α-hetero) is 2. The predicted molar refractivity (Wildman–Crippen MR) is 78.9 cm³/mol. The van der Waals surface area contributed by atoms with Crippen LogP contribution in [0.1, 0.15) is 26.3 Å². The van der Waals surface area contributed by atoms with Gasteiger partial charge in [0.1, 0.15) is 0 Å². The zero-order chi connectivity index (χ0) is 17.5. The fourth-order valence-electron chi connectivity index (χ4n) is 2.61. The fraction of sp³-hybridized carbons (Fsp3) is 0.118. The first kappa shape index (κ1) is 15.9. The summed E-state index contributed by atoms with van der Waals surface area (Å²) in [5.41, 5.74) is -1.24. The van der Waals surface area contributed by atoms with E-state index in [2.05, 4.69) is 0 Å². The zero-order valence-corrected chi connectivity index (χ0v) is 12.1. The molecule has 2 aromatic rings. The van der Waals surface area contributed by atoms with Crippen LogP contribution in [0.15, 0.2) is 48.5 Å². The molecule has 0 unspecified atom stereocenters. The van der Waals surface area contributed by atoms with Crippen LogP contribution in [0.2, 0.25) is 0 Å². The molecular formula is C17H10F3NO3. The third kappa shape index (κ3) is 2.58. The Labute approximate surface area is 134 Å². The van der Waals surface area contributed by atoms with Crippen molar-refractivity contribution in [2.45, 2.75) is 6.18 Å². The van der Waals surface area contributed by atoms with Gasteiger partial charge in [0.05, 0.1) is 23.4 Å². The van der Waals surface area contributed by atoms with E-state index in [1.807, 2.05) is 0 Å². The summed E-state index contributed by atoms with van der Waals surface area (Å²) in [6.45, 7) is -0.630. The first-order valence-electron chi connectivity index (χ1n) is 6.95. The number of hydrogen-bond donors (Lipinski definition) is 0. The Bertz CT molecular complexity index is 858. The highest BCUT2D eigenvalue weighted by molar-refractivity contribution is 6.52. The van der Waals surface area contributed by atoms with Crippen molar-refractivity contribution in [2.75, 3.05) is 11.4 Å². The topological polar surface area (TPSA) is 54.5 Å². The van der Waals surface area contributed by atoms with Crippen molar-refractivity contribution in [1.29, 1.82) is 0 Å². The van der Waals surface area contributed by atoms with E-state index in [1.165, 1.54) is 24.3 Å². The molecule has 0 fully saturated rings. The summed E-state index contributed by atoms with van der Waals surface area (Å²) in [7, 11) is 0. The van der Waals surface area contributed by atoms with Crippen LogP contribution >= 0.6 is 0 Å². The summed E-state index contributed by atoms with van der Waals surface area (Å²) in [5.74, 6) is -2.59. The number of para-hydroxylation sites is 1. The van der Waals surface area contributed by atoms with E-state index >= 15 is 0 Å². The van der Waals surface area contributed by atoms with Crippen LogP contribution in [0.3, 0.4) is 0 Å². The Hall–Kier alpha value is -2.96. The van der Waals surface area contributed by atoms with Crippen molar-refractivity contribution in [3.05, 3.63) is 65.2 Å². The Balaban J connectivity index is 1.95. The van der Waals surface area contributed by atoms with E-state index in [0.29, 0.717) is 0 Å². The van der Waals surface area contributed by atoms with Crippen LogP contribution in [0.4, 0.5) is 18.9 Å². The van der Waals surface area contributed by atoms with Gasteiger partial charge >= 0.3 is 6.18 Å². The average Bonchev–Trinajstić information content (AvgIpc) is 2.79. The van der Waals surface area contributed by atoms with Crippen LogP contribution in [0.5, 0.6) is 0 Å². The normalized spacial score (nSPS) is 14.0. The van der Waals surface area contributed by atoms with Gasteiger partial charge < -0.3 is 0 Å². The maximum Gasteiger partial charge on any atom is 0.417 e. The summed E-state index contributed by atoms with van der Waals surface area (Å²) in [5, 5.41) is 0. The van der Waals surface area contributed by atoms with E-state index in [1.54, 1.807) is 12.1 Å². The molecule has 1 amide bonds. The number of amides is 1. The third-order valence-electron chi connectivity index (χ3n) is 3.71. The van der Waals surface area contributed by atoms with Crippen molar-refractivity contribution in [3.8, 4) is 0 Å². The van der Waals surface area contributed by atoms with Gasteiger partial charge in [0, 0.05) is 5.56 Å². The van der Waals surface area contributed by atoms with Crippen molar-refractivity contribution in [2.24, 2.45) is 0 Å². The molecule has 3 rings (SSSR count). The molecule has 0 atom stereocenters. The van der Waals surface area contributed by atoms with Gasteiger partial charge in [-0.25, -0.2) is 0 Å². The van der Waals surface area contributed by atoms with Gasteiger partial charge in [-0.15, -0.1) is 0 Å². The van der Waals surface area contributed by atoms with E-state index < -0.39 is 41.3 Å². The number of carbonyl (C=O) groups is 3. The molecule has 0 aromatic heterocycles. The van der Waals surface area contributed by atoms with Gasteiger partial charge in [-0.1, -0.05) is 30.3 Å². The average molecular weight is 333 g/mol. The second-order valence-electron chi connectivity index (χ2n) is 5.20. The molecule has 1 aliphatic rings. The zero-order valence-electron chi connectivity index (χ0n) is 12.1. The first-order valence-corrected chi connectivity index (χ1v) is 6.95. The summed E-state index contributed by atoms with van der Waals surface area (Å²) in [4.78, 5) is 37.1. The van der Waals surface area contributed by atoms with Crippen molar-refractivity contribution >= 4 is 23.2 Å². The van der Waals surface area contributed by atoms with Crippen molar-refractivity contribution in [3.63, 3.8) is 0 Å². The van der Waals surface area contributed by atoms with Gasteiger partial charge in [0.2, 0.25) is 0 Å². The quantitative estimate of drug-likeness (QED) is 0.641. The number of alkyl halides is 3. The fourth-order valence-corrected chi connectivity index (χ4v) is 2.61. The van der Waals surface area contributed by atoms with Crippen LogP contribution in [-0.4, -0.2) is 24.0 Å². The molecule has 1 aliphatic heterocycles. The highest BCUT2D eigenvalue weighted by Gasteiger charge is 2.39. The Kier molecular flexibility index (Phi) is 3.71. The van der Waals surface area contributed by atoms with Gasteiger partial charge in [-0.2, -0.15) is 13.2 Å². The monoisotopic (exact) mass is 333 g/mol. The van der Waals surface area contributed by atoms with E-state index in [0.717, 1.165) is 17.0 Å². The summed E-state index contributed by atoms with van der Waals surface area (Å²) >= 11 is 0. The number of ketones is 2. The number of hydrogen-bond acceptors (Lipinski definition) is 3. The molecule has 0 aliphatic carbocycles. The maximum absolute atomic E-state index is 13.0. The molecule has 1 heterocycles. The summed E-state index contributed by atoms with van der Waals surface area (Å²) in [6.07, 6.45) is -4.69. The minimum absolute atomic E-state index is 0.138. The van der Waals surface area contributed by atoms with Crippen molar-refractivity contribution < 1.29 is 27.6 Å². The summed E-state index contributed by atoms with van der Waals surface area (Å²) < 4.78 is 39.0. The van der Waals surface area contributed by atoms with Crippen LogP contribution < -0.4 is 4.90 Å². The van der Waals surface area contributed by atoms with Crippen LogP contribution in [0, 0.1) is 0 Å². The number of carbonyl (C=O) groups excluding carboxylic acids is 3. The molecule has 0 saturated heterocycles. The second-order valence-corrected chi connectivity index (χ2v) is 5.20. The van der Waals surface area contributed by atoms with Crippen LogP contribution in [0.25, 0.3) is 0 Å². The van der Waals surface area contributed by atoms with Gasteiger partial charge in [-0.05, 0) is 18.2 Å². The molecule has 0 radical (unpaired) electrons. The highest BCUT2D eigenvalue weighted by Crippen LogP contribution is 2.33. The molecule has 24 heavy (non-hydrogen) atoms. The maximum atomic E-state index is 13.0. The van der Waals surface area contributed by atoms with Gasteiger partial charge in [-0.3, -0.25) is 19.3 Å². The molecule has 7 heteroatoms.